The molecule has 0 radical (unpaired) electrons. The summed E-state index contributed by atoms with van der Waals surface area (Å²) in [6.07, 6.45) is 14.0. The van der Waals surface area contributed by atoms with Crippen LogP contribution in [-0.4, -0.2) is 50.8 Å². The van der Waals surface area contributed by atoms with Crippen molar-refractivity contribution in [2.75, 3.05) is 33.9 Å². The van der Waals surface area contributed by atoms with E-state index in [-0.39, 0.29) is 0 Å². The van der Waals surface area contributed by atoms with Crippen LogP contribution in [0.15, 0.2) is 0 Å². The molecule has 0 saturated heterocycles. The summed E-state index contributed by atoms with van der Waals surface area (Å²) in [5, 5.41) is 3.59. The summed E-state index contributed by atoms with van der Waals surface area (Å²) in [7, 11) is 4.42. The van der Waals surface area contributed by atoms with Crippen molar-refractivity contribution in [2.45, 2.75) is 83.2 Å². The summed E-state index contributed by atoms with van der Waals surface area (Å²) >= 11 is 0. The normalized spacial score (nSPS) is 26.3. The van der Waals surface area contributed by atoms with Gasteiger partial charge in [-0.1, -0.05) is 51.4 Å². The molecule has 2 atom stereocenters. The number of hydrogen-bond donors (Lipinski definition) is 1. The zero-order valence-electron chi connectivity index (χ0n) is 14.7. The first-order valence-corrected chi connectivity index (χ1v) is 9.24. The van der Waals surface area contributed by atoms with Crippen LogP contribution in [0.1, 0.15) is 71.1 Å². The first kappa shape index (κ1) is 18.9. The van der Waals surface area contributed by atoms with Crippen LogP contribution in [0.3, 0.4) is 0 Å². The van der Waals surface area contributed by atoms with E-state index in [0.29, 0.717) is 12.1 Å². The van der Waals surface area contributed by atoms with Crippen LogP contribution >= 0.6 is 0 Å². The smallest absolute Gasteiger partial charge is 0.0593 e. The summed E-state index contributed by atoms with van der Waals surface area (Å²) in [4.78, 5) is 2.53. The first-order chi connectivity index (χ1) is 10.3. The van der Waals surface area contributed by atoms with Crippen molar-refractivity contribution < 1.29 is 4.74 Å². The zero-order valence-corrected chi connectivity index (χ0v) is 14.7. The third-order valence-electron chi connectivity index (χ3n) is 4.96. The van der Waals surface area contributed by atoms with Gasteiger partial charge in [0.05, 0.1) is 6.61 Å². The molecule has 1 N–H and O–H groups in total. The van der Waals surface area contributed by atoms with E-state index in [1.165, 1.54) is 64.2 Å². The first-order valence-electron chi connectivity index (χ1n) is 9.24. The van der Waals surface area contributed by atoms with Crippen LogP contribution in [0.2, 0.25) is 0 Å². The van der Waals surface area contributed by atoms with Crippen LogP contribution in [0, 0.1) is 0 Å². The quantitative estimate of drug-likeness (QED) is 0.754. The molecule has 0 heterocycles. The van der Waals surface area contributed by atoms with Crippen LogP contribution < -0.4 is 5.32 Å². The maximum Gasteiger partial charge on any atom is 0.0593 e. The predicted molar refractivity (Wildman–Crippen MR) is 91.9 cm³/mol. The third-order valence-corrected chi connectivity index (χ3v) is 4.96. The highest BCUT2D eigenvalue weighted by Gasteiger charge is 2.23. The van der Waals surface area contributed by atoms with Gasteiger partial charge >= 0.3 is 0 Å². The van der Waals surface area contributed by atoms with Crippen LogP contribution in [-0.2, 0) is 4.74 Å². The van der Waals surface area contributed by atoms with Crippen LogP contribution in [0.25, 0.3) is 0 Å². The number of rotatable bonds is 6. The minimum Gasteiger partial charge on any atom is -0.380 e. The van der Waals surface area contributed by atoms with E-state index in [9.17, 15) is 0 Å². The Bertz CT molecular complexity index is 235. The molecule has 0 bridgehead atoms. The van der Waals surface area contributed by atoms with Gasteiger partial charge in [-0.25, -0.2) is 0 Å². The molecule has 3 nitrogen and oxygen atoms in total. The highest BCUT2D eigenvalue weighted by Crippen LogP contribution is 2.20. The van der Waals surface area contributed by atoms with Crippen molar-refractivity contribution in [1.82, 2.24) is 10.2 Å². The van der Waals surface area contributed by atoms with Gasteiger partial charge in [-0.2, -0.15) is 0 Å². The van der Waals surface area contributed by atoms with Crippen molar-refractivity contribution in [2.24, 2.45) is 0 Å². The number of nitrogens with one attached hydrogen (secondary N) is 1. The minimum atomic E-state index is 0.635. The molecule has 0 amide bonds. The lowest BCUT2D eigenvalue weighted by Gasteiger charge is -2.35. The van der Waals surface area contributed by atoms with E-state index in [1.807, 2.05) is 0 Å². The Balaban J connectivity index is 2.52. The molecule has 0 aromatic carbocycles. The Morgan fingerprint density at radius 1 is 0.952 bits per heavy atom. The molecule has 0 aromatic heterocycles. The number of ether oxygens (including phenoxy) is 1. The molecule has 0 aromatic rings. The second kappa shape index (κ2) is 12.4. The van der Waals surface area contributed by atoms with E-state index in [4.69, 9.17) is 4.74 Å². The van der Waals surface area contributed by atoms with Crippen molar-refractivity contribution in [3.05, 3.63) is 0 Å². The Labute approximate surface area is 132 Å². The molecule has 21 heavy (non-hydrogen) atoms. The molecule has 1 saturated carbocycles. The van der Waals surface area contributed by atoms with E-state index in [2.05, 4.69) is 31.2 Å². The molecule has 2 unspecified atom stereocenters. The van der Waals surface area contributed by atoms with Gasteiger partial charge < -0.3 is 10.1 Å². The number of likely N-dealkylation sites (N-methyl/N-ethyl adjacent to an activating group) is 2. The van der Waals surface area contributed by atoms with Crippen molar-refractivity contribution in [1.29, 1.82) is 0 Å². The van der Waals surface area contributed by atoms with Gasteiger partial charge in [0.15, 0.2) is 0 Å². The Morgan fingerprint density at radius 3 is 2.10 bits per heavy atom. The maximum atomic E-state index is 5.54. The molecule has 1 rings (SSSR count). The lowest BCUT2D eigenvalue weighted by Crippen LogP contribution is -2.48. The van der Waals surface area contributed by atoms with Crippen LogP contribution in [0.5, 0.6) is 0 Å². The average molecular weight is 299 g/mol. The summed E-state index contributed by atoms with van der Waals surface area (Å²) in [5.41, 5.74) is 0. The monoisotopic (exact) mass is 298 g/mol. The highest BCUT2D eigenvalue weighted by molar-refractivity contribution is 4.83. The van der Waals surface area contributed by atoms with Crippen molar-refractivity contribution in [3.63, 3.8) is 0 Å². The largest absolute Gasteiger partial charge is 0.380 e. The van der Waals surface area contributed by atoms with Gasteiger partial charge in [0.1, 0.15) is 0 Å². The highest BCUT2D eigenvalue weighted by atomic mass is 16.5. The minimum absolute atomic E-state index is 0.635. The van der Waals surface area contributed by atoms with E-state index in [1.54, 1.807) is 0 Å². The molecule has 1 aliphatic rings. The van der Waals surface area contributed by atoms with Gasteiger partial charge in [0.25, 0.3) is 0 Å². The van der Waals surface area contributed by atoms with Gasteiger partial charge in [0, 0.05) is 25.2 Å². The predicted octanol–water partition coefficient (Wildman–Crippen LogP) is 3.83. The fraction of sp³-hybridized carbons (Fsp3) is 1.00. The lowest BCUT2D eigenvalue weighted by molar-refractivity contribution is 0.0925. The lowest BCUT2D eigenvalue weighted by atomic mass is 9.93. The third kappa shape index (κ3) is 8.18. The van der Waals surface area contributed by atoms with Gasteiger partial charge in [-0.05, 0) is 33.9 Å². The standard InChI is InChI=1S/C18H38N2O/c1-4-21-16-15-20(3)18-14-12-10-8-6-5-7-9-11-13-17(18)19-2/h17-19H,4-16H2,1-3H3. The van der Waals surface area contributed by atoms with Crippen molar-refractivity contribution >= 4 is 0 Å². The zero-order chi connectivity index (χ0) is 15.3. The second-order valence-corrected chi connectivity index (χ2v) is 6.55. The average Bonchev–Trinajstić information content (AvgIpc) is 2.48. The maximum absolute atomic E-state index is 5.54. The topological polar surface area (TPSA) is 24.5 Å². The van der Waals surface area contributed by atoms with Gasteiger partial charge in [-0.3, -0.25) is 4.90 Å². The fourth-order valence-corrected chi connectivity index (χ4v) is 3.55. The molecule has 1 aliphatic carbocycles. The molecular formula is C18H38N2O. The van der Waals surface area contributed by atoms with E-state index < -0.39 is 0 Å². The molecule has 1 fully saturated rings. The summed E-state index contributed by atoms with van der Waals surface area (Å²) < 4.78 is 5.54. The number of nitrogens with zero attached hydrogens (tertiary/aromatic N) is 1. The Kier molecular flexibility index (Phi) is 11.2. The number of hydrogen-bond acceptors (Lipinski definition) is 3. The van der Waals surface area contributed by atoms with E-state index in [0.717, 1.165) is 19.8 Å². The van der Waals surface area contributed by atoms with Crippen LogP contribution in [0.4, 0.5) is 0 Å². The van der Waals surface area contributed by atoms with E-state index >= 15 is 0 Å². The Hall–Kier alpha value is -0.120. The molecular weight excluding hydrogens is 260 g/mol. The summed E-state index contributed by atoms with van der Waals surface area (Å²) in [5.74, 6) is 0. The Morgan fingerprint density at radius 2 is 1.52 bits per heavy atom. The summed E-state index contributed by atoms with van der Waals surface area (Å²) in [6.45, 7) is 4.82. The van der Waals surface area contributed by atoms with Gasteiger partial charge in [-0.15, -0.1) is 0 Å². The summed E-state index contributed by atoms with van der Waals surface area (Å²) in [6, 6.07) is 1.30. The molecule has 0 aliphatic heterocycles. The SMILES string of the molecule is CCOCCN(C)C1CCCCCCCCCCC1NC. The fourth-order valence-electron chi connectivity index (χ4n) is 3.55. The van der Waals surface area contributed by atoms with Gasteiger partial charge in [0.2, 0.25) is 0 Å². The molecule has 126 valence electrons. The van der Waals surface area contributed by atoms with Crippen molar-refractivity contribution in [3.8, 4) is 0 Å². The second-order valence-electron chi connectivity index (χ2n) is 6.55. The molecule has 3 heteroatoms. The molecule has 0 spiro atoms.